The van der Waals surface area contributed by atoms with Crippen molar-refractivity contribution in [3.8, 4) is 11.5 Å². The molecule has 0 fully saturated rings. The van der Waals surface area contributed by atoms with Gasteiger partial charge in [0.2, 0.25) is 0 Å². The van der Waals surface area contributed by atoms with Crippen molar-refractivity contribution in [3.63, 3.8) is 0 Å². The van der Waals surface area contributed by atoms with Gasteiger partial charge in [-0.05, 0) is 38.8 Å². The molecule has 0 aromatic heterocycles. The van der Waals surface area contributed by atoms with E-state index < -0.39 is 11.1 Å². The number of hydrogen-bond donors (Lipinski definition) is 0. The van der Waals surface area contributed by atoms with Crippen LogP contribution in [0.15, 0.2) is 58.5 Å². The van der Waals surface area contributed by atoms with Gasteiger partial charge in [-0.2, -0.15) is 5.16 Å². The van der Waals surface area contributed by atoms with E-state index >= 15 is 0 Å². The van der Waals surface area contributed by atoms with Crippen LogP contribution in [0.25, 0.3) is 5.41 Å². The maximum absolute atomic E-state index is 11.8. The van der Waals surface area contributed by atoms with Gasteiger partial charge in [0.15, 0.2) is 0 Å². The number of para-hydroxylation sites is 2. The van der Waals surface area contributed by atoms with E-state index in [-0.39, 0.29) is 28.6 Å². The van der Waals surface area contributed by atoms with E-state index in [1.165, 1.54) is 17.3 Å². The molecule has 0 heterocycles. The third kappa shape index (κ3) is 7.37. The first-order valence-corrected chi connectivity index (χ1v) is 8.69. The first-order chi connectivity index (χ1) is 12.6. The molecule has 0 saturated heterocycles. The van der Waals surface area contributed by atoms with Crippen LogP contribution in [0.2, 0.25) is 0 Å². The molecule has 0 aliphatic heterocycles. The number of thiocarbonyl (C=S) groups is 1. The predicted molar refractivity (Wildman–Crippen MR) is 111 cm³/mol. The Kier molecular flexibility index (Phi) is 10.6. The van der Waals surface area contributed by atoms with E-state index in [2.05, 4.69) is 22.2 Å². The van der Waals surface area contributed by atoms with Gasteiger partial charge >= 0.3 is 17.1 Å². The standard InChI is InChI=1S/C20H24N2O2.CNS.Mn/c1-19(2,21-13-15-9-5-7-11-17(15)23)20(3,4)22-14-16-10-6-8-12-18(16)24;2-1-3;/h5-14,23-24H,1-4H3;;/q;-1;+3/p-2. The smallest absolute Gasteiger partial charge is 0.872 e. The average Bonchev–Trinajstić information content (AvgIpc) is 2.61. The zero-order chi connectivity index (χ0) is 20.5. The van der Waals surface area contributed by atoms with Crippen LogP contribution >= 0.6 is 12.2 Å². The number of nitrogens with zero attached hydrogens (tertiary/aromatic N) is 3. The van der Waals surface area contributed by atoms with Crippen molar-refractivity contribution >= 4 is 29.8 Å². The summed E-state index contributed by atoms with van der Waals surface area (Å²) in [5, 5.41) is 32.0. The molecule has 0 aliphatic rings. The fourth-order valence-electron chi connectivity index (χ4n) is 1.95. The molecule has 0 radical (unpaired) electrons. The van der Waals surface area contributed by atoms with Crippen molar-refractivity contribution in [2.24, 2.45) is 9.98 Å². The molecule has 0 bridgehead atoms. The molecular formula is C21H22MnN3O2S. The van der Waals surface area contributed by atoms with Crippen LogP contribution in [0.3, 0.4) is 0 Å². The Morgan fingerprint density at radius 2 is 1.11 bits per heavy atom. The molecule has 28 heavy (non-hydrogen) atoms. The summed E-state index contributed by atoms with van der Waals surface area (Å²) in [5.74, 6) is -0.114. The number of isothiocyanates is 1. The molecule has 0 spiro atoms. The molecule has 0 atom stereocenters. The van der Waals surface area contributed by atoms with Gasteiger partial charge in [-0.1, -0.05) is 60.7 Å². The van der Waals surface area contributed by atoms with Gasteiger partial charge in [-0.25, -0.2) is 0 Å². The number of hydrogen-bond acceptors (Lipinski definition) is 5. The van der Waals surface area contributed by atoms with Crippen LogP contribution in [0, 0.1) is 0 Å². The molecule has 0 unspecified atom stereocenters. The van der Waals surface area contributed by atoms with Crippen LogP contribution in [0.4, 0.5) is 0 Å². The summed E-state index contributed by atoms with van der Waals surface area (Å²) in [6.07, 6.45) is 3.20. The third-order valence-electron chi connectivity index (χ3n) is 4.39. The molecule has 5 nitrogen and oxygen atoms in total. The average molecular weight is 435 g/mol. The van der Waals surface area contributed by atoms with Crippen LogP contribution < -0.4 is 10.2 Å². The summed E-state index contributed by atoms with van der Waals surface area (Å²) < 4.78 is 0. The second-order valence-electron chi connectivity index (χ2n) is 6.80. The van der Waals surface area contributed by atoms with Gasteiger partial charge in [0.25, 0.3) is 0 Å². The minimum Gasteiger partial charge on any atom is -0.872 e. The van der Waals surface area contributed by atoms with E-state index in [1.807, 2.05) is 39.8 Å². The molecule has 7 heteroatoms. The molecule has 2 aromatic rings. The summed E-state index contributed by atoms with van der Waals surface area (Å²) in [6, 6.07) is 13.6. The fourth-order valence-corrected chi connectivity index (χ4v) is 1.95. The quantitative estimate of drug-likeness (QED) is 0.408. The van der Waals surface area contributed by atoms with E-state index in [4.69, 9.17) is 5.41 Å². The maximum atomic E-state index is 11.8. The van der Waals surface area contributed by atoms with Crippen molar-refractivity contribution in [2.75, 3.05) is 0 Å². The van der Waals surface area contributed by atoms with E-state index in [0.29, 0.717) is 11.1 Å². The van der Waals surface area contributed by atoms with Crippen molar-refractivity contribution in [1.29, 1.82) is 0 Å². The van der Waals surface area contributed by atoms with Gasteiger partial charge < -0.3 is 15.6 Å². The summed E-state index contributed by atoms with van der Waals surface area (Å²) >= 11 is 3.70. The summed E-state index contributed by atoms with van der Waals surface area (Å²) in [7, 11) is 0. The zero-order valence-electron chi connectivity index (χ0n) is 16.2. The first-order valence-electron chi connectivity index (χ1n) is 8.28. The number of benzene rings is 2. The Bertz CT molecular complexity index is 793. The topological polar surface area (TPSA) is 93.1 Å². The van der Waals surface area contributed by atoms with Gasteiger partial charge in [-0.15, -0.1) is 11.5 Å². The second-order valence-corrected chi connectivity index (χ2v) is 6.98. The molecule has 0 aliphatic carbocycles. The predicted octanol–water partition coefficient (Wildman–Crippen LogP) is 3.59. The molecular weight excluding hydrogens is 413 g/mol. The Morgan fingerprint density at radius 1 is 0.821 bits per heavy atom. The summed E-state index contributed by atoms with van der Waals surface area (Å²) in [6.45, 7) is 7.82. The fraction of sp³-hybridized carbons (Fsp3) is 0.286. The minimum atomic E-state index is -0.552. The molecule has 0 saturated carbocycles. The Morgan fingerprint density at radius 3 is 1.39 bits per heavy atom. The first kappa shape index (κ1) is 25.7. The molecule has 146 valence electrons. The van der Waals surface area contributed by atoms with Crippen molar-refractivity contribution in [1.82, 2.24) is 0 Å². The Labute approximate surface area is 182 Å². The van der Waals surface area contributed by atoms with E-state index in [1.54, 1.807) is 36.7 Å². The van der Waals surface area contributed by atoms with Crippen LogP contribution in [0.5, 0.6) is 11.5 Å². The van der Waals surface area contributed by atoms with Gasteiger partial charge in [0.05, 0.1) is 11.1 Å². The monoisotopic (exact) mass is 435 g/mol. The van der Waals surface area contributed by atoms with Crippen LogP contribution in [-0.2, 0) is 17.1 Å². The SMILES string of the molecule is CC(C)(N=Cc1ccccc1[O-])C(C)(C)N=Cc1ccccc1[O-].[Mn+3].[N-]=C=S. The molecule has 2 rings (SSSR count). The molecule has 0 amide bonds. The second kappa shape index (κ2) is 11.5. The normalized spacial score (nSPS) is 11.4. The largest absolute Gasteiger partial charge is 3.00 e. The minimum absolute atomic E-state index is 0. The third-order valence-corrected chi connectivity index (χ3v) is 4.39. The van der Waals surface area contributed by atoms with Crippen molar-refractivity contribution in [2.45, 2.75) is 38.8 Å². The van der Waals surface area contributed by atoms with E-state index in [0.717, 1.165) is 0 Å². The van der Waals surface area contributed by atoms with Gasteiger partial charge in [-0.3, -0.25) is 9.98 Å². The van der Waals surface area contributed by atoms with Crippen LogP contribution in [0.1, 0.15) is 38.8 Å². The zero-order valence-corrected chi connectivity index (χ0v) is 18.2. The van der Waals surface area contributed by atoms with Gasteiger partial charge in [0, 0.05) is 12.4 Å². The maximum Gasteiger partial charge on any atom is 3.00 e. The molecule has 2 aromatic carbocycles. The van der Waals surface area contributed by atoms with Crippen molar-refractivity contribution in [3.05, 3.63) is 65.1 Å². The van der Waals surface area contributed by atoms with E-state index in [9.17, 15) is 10.2 Å². The van der Waals surface area contributed by atoms with Crippen LogP contribution in [-0.4, -0.2) is 28.7 Å². The molecule has 0 N–H and O–H groups in total. The number of rotatable bonds is 5. The Balaban J connectivity index is 0.00000171. The van der Waals surface area contributed by atoms with Crippen molar-refractivity contribution < 1.29 is 27.3 Å². The number of aliphatic imine (C=N–C) groups is 2. The Hall–Kier alpha value is -2.30. The van der Waals surface area contributed by atoms with Gasteiger partial charge in [0.1, 0.15) is 0 Å². The summed E-state index contributed by atoms with van der Waals surface area (Å²) in [4.78, 5) is 9.15. The summed E-state index contributed by atoms with van der Waals surface area (Å²) in [5.41, 5.74) is -0.00162.